The minimum atomic E-state index is -0.162. The van der Waals surface area contributed by atoms with E-state index in [0.717, 1.165) is 28.1 Å². The van der Waals surface area contributed by atoms with Crippen molar-refractivity contribution in [3.8, 4) is 5.69 Å². The monoisotopic (exact) mass is 392 g/mol. The van der Waals surface area contributed by atoms with E-state index < -0.39 is 0 Å². The molecule has 0 radical (unpaired) electrons. The Balaban J connectivity index is 1.64. The highest BCUT2D eigenvalue weighted by molar-refractivity contribution is 6.31. The van der Waals surface area contributed by atoms with Crippen molar-refractivity contribution in [3.63, 3.8) is 0 Å². The van der Waals surface area contributed by atoms with E-state index in [1.807, 2.05) is 55.8 Å². The van der Waals surface area contributed by atoms with E-state index in [0.29, 0.717) is 16.5 Å². The van der Waals surface area contributed by atoms with Crippen LogP contribution in [0.3, 0.4) is 0 Å². The summed E-state index contributed by atoms with van der Waals surface area (Å²) >= 11 is 6.30. The molecule has 4 aromatic heterocycles. The quantitative estimate of drug-likeness (QED) is 0.469. The van der Waals surface area contributed by atoms with E-state index in [1.165, 1.54) is 0 Å². The van der Waals surface area contributed by atoms with E-state index in [-0.39, 0.29) is 6.04 Å². The summed E-state index contributed by atoms with van der Waals surface area (Å²) in [5, 5.41) is 15.1. The van der Waals surface area contributed by atoms with Crippen LogP contribution in [0.25, 0.3) is 22.4 Å². The Labute approximate surface area is 165 Å². The molecule has 5 aromatic rings. The lowest BCUT2D eigenvalue weighted by Crippen LogP contribution is -2.12. The summed E-state index contributed by atoms with van der Waals surface area (Å²) in [6.45, 7) is 5.84. The van der Waals surface area contributed by atoms with Crippen molar-refractivity contribution in [2.45, 2.75) is 26.8 Å². The molecule has 0 saturated carbocycles. The van der Waals surface area contributed by atoms with Gasteiger partial charge in [-0.05, 0) is 32.9 Å². The summed E-state index contributed by atoms with van der Waals surface area (Å²) in [7, 11) is 0. The molecule has 0 amide bonds. The van der Waals surface area contributed by atoms with Crippen LogP contribution in [0.5, 0.6) is 0 Å². The lowest BCUT2D eigenvalue weighted by atomic mass is 10.3. The third-order valence-electron chi connectivity index (χ3n) is 4.90. The number of para-hydroxylation sites is 1. The number of halogens is 1. The minimum Gasteiger partial charge on any atom is -0.258 e. The van der Waals surface area contributed by atoms with Gasteiger partial charge in [0.25, 0.3) is 0 Å². The lowest BCUT2D eigenvalue weighted by molar-refractivity contribution is 0.520. The molecule has 1 atom stereocenters. The topological polar surface area (TPSA) is 78.7 Å². The number of fused-ring (bicyclic) bond motifs is 3. The van der Waals surface area contributed by atoms with Crippen LogP contribution < -0.4 is 0 Å². The van der Waals surface area contributed by atoms with Gasteiger partial charge in [0.05, 0.1) is 33.7 Å². The van der Waals surface area contributed by atoms with Crippen molar-refractivity contribution in [2.24, 2.45) is 0 Å². The number of rotatable bonds is 3. The Kier molecular flexibility index (Phi) is 3.70. The number of aryl methyl sites for hydroxylation is 1. The molecule has 0 aliphatic rings. The predicted molar refractivity (Wildman–Crippen MR) is 106 cm³/mol. The van der Waals surface area contributed by atoms with E-state index in [2.05, 4.69) is 20.3 Å². The summed E-state index contributed by atoms with van der Waals surface area (Å²) in [4.78, 5) is 9.30. The minimum absolute atomic E-state index is 0.162. The number of nitrogens with zero attached hydrogens (tertiary/aromatic N) is 8. The standard InChI is InChI=1S/C19H17ClN8/c1-11-16(20)12(2)27(24-11)13(3)17-23-19-15-9-22-28(14-7-5-4-6-8-14)18(15)21-10-26(19)25-17/h4-10,13H,1-3H3/t13-/m0/s1. The van der Waals surface area contributed by atoms with Gasteiger partial charge in [-0.2, -0.15) is 10.2 Å². The van der Waals surface area contributed by atoms with Crippen molar-refractivity contribution in [1.82, 2.24) is 39.1 Å². The molecular formula is C19H17ClN8. The summed E-state index contributed by atoms with van der Waals surface area (Å²) in [6.07, 6.45) is 3.43. The van der Waals surface area contributed by atoms with Crippen LogP contribution in [0.4, 0.5) is 0 Å². The second-order valence-electron chi connectivity index (χ2n) is 6.72. The van der Waals surface area contributed by atoms with E-state index >= 15 is 0 Å². The first-order valence-corrected chi connectivity index (χ1v) is 9.28. The van der Waals surface area contributed by atoms with Crippen molar-refractivity contribution >= 4 is 28.3 Å². The first-order valence-electron chi connectivity index (χ1n) is 8.90. The Morgan fingerprint density at radius 3 is 2.54 bits per heavy atom. The van der Waals surface area contributed by atoms with Crippen LogP contribution in [0.1, 0.15) is 30.2 Å². The van der Waals surface area contributed by atoms with Crippen molar-refractivity contribution in [3.05, 3.63) is 65.1 Å². The Morgan fingerprint density at radius 1 is 1.04 bits per heavy atom. The molecule has 8 nitrogen and oxygen atoms in total. The first-order chi connectivity index (χ1) is 13.5. The summed E-state index contributed by atoms with van der Waals surface area (Å²) < 4.78 is 5.33. The van der Waals surface area contributed by atoms with Crippen LogP contribution in [0.15, 0.2) is 42.9 Å². The Bertz CT molecular complexity index is 1310. The van der Waals surface area contributed by atoms with Crippen LogP contribution in [-0.4, -0.2) is 39.1 Å². The third-order valence-corrected chi connectivity index (χ3v) is 5.45. The maximum absolute atomic E-state index is 6.30. The molecule has 0 fully saturated rings. The van der Waals surface area contributed by atoms with Gasteiger partial charge in [-0.25, -0.2) is 19.2 Å². The average Bonchev–Trinajstić information content (AvgIpc) is 3.40. The number of aromatic nitrogens is 8. The molecule has 0 N–H and O–H groups in total. The second-order valence-corrected chi connectivity index (χ2v) is 7.10. The lowest BCUT2D eigenvalue weighted by Gasteiger charge is -2.10. The van der Waals surface area contributed by atoms with Gasteiger partial charge in [-0.1, -0.05) is 29.8 Å². The largest absolute Gasteiger partial charge is 0.258 e. The molecule has 28 heavy (non-hydrogen) atoms. The maximum Gasteiger partial charge on any atom is 0.176 e. The molecule has 140 valence electrons. The van der Waals surface area contributed by atoms with Crippen molar-refractivity contribution in [1.29, 1.82) is 0 Å². The Hall–Kier alpha value is -3.26. The first kappa shape index (κ1) is 16.9. The van der Waals surface area contributed by atoms with E-state index in [4.69, 9.17) is 16.6 Å². The fourth-order valence-corrected chi connectivity index (χ4v) is 3.53. The van der Waals surface area contributed by atoms with Crippen LogP contribution in [0.2, 0.25) is 5.02 Å². The summed E-state index contributed by atoms with van der Waals surface area (Å²) in [5.74, 6) is 0.643. The number of benzene rings is 1. The maximum atomic E-state index is 6.30. The molecule has 5 rings (SSSR count). The highest BCUT2D eigenvalue weighted by atomic mass is 35.5. The van der Waals surface area contributed by atoms with Gasteiger partial charge in [0.2, 0.25) is 0 Å². The zero-order valence-corrected chi connectivity index (χ0v) is 16.3. The second kappa shape index (κ2) is 6.13. The van der Waals surface area contributed by atoms with Crippen molar-refractivity contribution < 1.29 is 0 Å². The van der Waals surface area contributed by atoms with E-state index in [1.54, 1.807) is 21.7 Å². The SMILES string of the molecule is Cc1nn([C@@H](C)c2nc3c4cnn(-c5ccccc5)c4ncn3n2)c(C)c1Cl. The van der Waals surface area contributed by atoms with Gasteiger partial charge < -0.3 is 0 Å². The Morgan fingerprint density at radius 2 is 1.82 bits per heavy atom. The number of hydrogen-bond acceptors (Lipinski definition) is 5. The van der Waals surface area contributed by atoms with Gasteiger partial charge in [-0.3, -0.25) is 4.68 Å². The summed E-state index contributed by atoms with van der Waals surface area (Å²) in [6, 6.07) is 9.73. The normalized spacial score (nSPS) is 12.9. The molecule has 1 aromatic carbocycles. The molecule has 9 heteroatoms. The van der Waals surface area contributed by atoms with Gasteiger partial charge >= 0.3 is 0 Å². The molecule has 0 aliphatic carbocycles. The molecular weight excluding hydrogens is 376 g/mol. The third kappa shape index (κ3) is 2.41. The average molecular weight is 393 g/mol. The molecule has 0 aliphatic heterocycles. The highest BCUT2D eigenvalue weighted by Crippen LogP contribution is 2.26. The van der Waals surface area contributed by atoms with E-state index in [9.17, 15) is 0 Å². The molecule has 0 saturated heterocycles. The smallest absolute Gasteiger partial charge is 0.176 e. The fraction of sp³-hybridized carbons (Fsp3) is 0.211. The van der Waals surface area contributed by atoms with Gasteiger partial charge in [-0.15, -0.1) is 5.10 Å². The zero-order valence-electron chi connectivity index (χ0n) is 15.6. The summed E-state index contributed by atoms with van der Waals surface area (Å²) in [5.41, 5.74) is 4.08. The molecule has 0 bridgehead atoms. The molecule has 4 heterocycles. The highest BCUT2D eigenvalue weighted by Gasteiger charge is 2.21. The number of hydrogen-bond donors (Lipinski definition) is 0. The molecule has 0 spiro atoms. The van der Waals surface area contributed by atoms with Crippen molar-refractivity contribution in [2.75, 3.05) is 0 Å². The van der Waals surface area contributed by atoms with Crippen LogP contribution in [0, 0.1) is 13.8 Å². The van der Waals surface area contributed by atoms with Gasteiger partial charge in [0, 0.05) is 0 Å². The zero-order chi connectivity index (χ0) is 19.4. The fourth-order valence-electron chi connectivity index (χ4n) is 3.40. The van der Waals surface area contributed by atoms with Crippen LogP contribution >= 0.6 is 11.6 Å². The molecule has 0 unspecified atom stereocenters. The van der Waals surface area contributed by atoms with Gasteiger partial charge in [0.15, 0.2) is 17.1 Å². The van der Waals surface area contributed by atoms with Gasteiger partial charge in [0.1, 0.15) is 12.4 Å². The van der Waals surface area contributed by atoms with Crippen LogP contribution in [-0.2, 0) is 0 Å². The predicted octanol–water partition coefficient (Wildman–Crippen LogP) is 3.54.